The van der Waals surface area contributed by atoms with Crippen LogP contribution in [0.1, 0.15) is 74.1 Å². The average Bonchev–Trinajstić information content (AvgIpc) is 3.38. The number of nitrogens with zero attached hydrogens (tertiary/aromatic N) is 4. The van der Waals surface area contributed by atoms with Gasteiger partial charge in [0, 0.05) is 24.5 Å². The topological polar surface area (TPSA) is 97.9 Å². The Morgan fingerprint density at radius 2 is 1.92 bits per heavy atom. The van der Waals surface area contributed by atoms with Gasteiger partial charge in [-0.3, -0.25) is 9.48 Å². The molecule has 2 fully saturated rings. The fourth-order valence-corrected chi connectivity index (χ4v) is 4.63. The molecule has 2 aliphatic rings. The zero-order valence-corrected chi connectivity index (χ0v) is 20.0. The van der Waals surface area contributed by atoms with E-state index in [0.29, 0.717) is 23.2 Å². The van der Waals surface area contributed by atoms with E-state index in [-0.39, 0.29) is 23.3 Å². The molecule has 0 spiro atoms. The van der Waals surface area contributed by atoms with Crippen LogP contribution in [0.3, 0.4) is 0 Å². The molecule has 2 N–H and O–H groups in total. The number of aromatic nitrogens is 4. The number of amides is 1. The van der Waals surface area contributed by atoms with Crippen LogP contribution < -0.4 is 10.6 Å². The van der Waals surface area contributed by atoms with Crippen molar-refractivity contribution in [2.75, 3.05) is 17.2 Å². The standard InChI is InChI=1S/C25H29F3N6O2/c1-2-15-5-7-18(8-6-15)34-13-19(22(33-34)25(26,27)28)31-23(35)20-14-36-24(32-20)17-9-10-29-21(11-17)30-12-16-3-4-16/h9-11,13-16,18H,2-8,12H2,1H3,(H,29,30)(H,31,35). The summed E-state index contributed by atoms with van der Waals surface area (Å²) < 4.78 is 47.9. The van der Waals surface area contributed by atoms with Crippen molar-refractivity contribution in [2.24, 2.45) is 11.8 Å². The number of carbonyl (C=O) groups is 1. The maximum atomic E-state index is 13.7. The number of hydrogen-bond donors (Lipinski definition) is 2. The van der Waals surface area contributed by atoms with Crippen LogP contribution in [0.5, 0.6) is 0 Å². The van der Waals surface area contributed by atoms with Gasteiger partial charge < -0.3 is 15.1 Å². The monoisotopic (exact) mass is 502 g/mol. The van der Waals surface area contributed by atoms with Crippen LogP contribution >= 0.6 is 0 Å². The first-order valence-electron chi connectivity index (χ1n) is 12.4. The second-order valence-electron chi connectivity index (χ2n) is 9.70. The molecule has 11 heteroatoms. The van der Waals surface area contributed by atoms with Crippen molar-refractivity contribution in [3.8, 4) is 11.5 Å². The molecule has 0 aromatic carbocycles. The number of halogens is 3. The molecule has 2 saturated carbocycles. The van der Waals surface area contributed by atoms with E-state index in [1.165, 1.54) is 23.7 Å². The minimum absolute atomic E-state index is 0.118. The molecule has 2 aliphatic carbocycles. The summed E-state index contributed by atoms with van der Waals surface area (Å²) in [6, 6.07) is 3.33. The normalized spacial score (nSPS) is 20.3. The van der Waals surface area contributed by atoms with Crippen LogP contribution in [-0.2, 0) is 6.18 Å². The van der Waals surface area contributed by atoms with Crippen LogP contribution in [0.25, 0.3) is 11.5 Å². The lowest BCUT2D eigenvalue weighted by Gasteiger charge is -2.27. The van der Waals surface area contributed by atoms with Crippen LogP contribution in [0, 0.1) is 11.8 Å². The molecule has 1 amide bonds. The van der Waals surface area contributed by atoms with E-state index in [9.17, 15) is 18.0 Å². The minimum Gasteiger partial charge on any atom is -0.444 e. The van der Waals surface area contributed by atoms with Crippen molar-refractivity contribution in [2.45, 2.75) is 64.1 Å². The van der Waals surface area contributed by atoms with E-state index in [2.05, 4.69) is 32.6 Å². The highest BCUT2D eigenvalue weighted by molar-refractivity contribution is 6.03. The Bertz CT molecular complexity index is 1210. The number of rotatable bonds is 8. The van der Waals surface area contributed by atoms with Gasteiger partial charge in [0.1, 0.15) is 12.1 Å². The number of hydrogen-bond acceptors (Lipinski definition) is 6. The van der Waals surface area contributed by atoms with Gasteiger partial charge in [0.15, 0.2) is 11.4 Å². The van der Waals surface area contributed by atoms with Crippen molar-refractivity contribution >= 4 is 17.4 Å². The molecule has 192 valence electrons. The van der Waals surface area contributed by atoms with Crippen molar-refractivity contribution < 1.29 is 22.4 Å². The maximum absolute atomic E-state index is 13.7. The lowest BCUT2D eigenvalue weighted by atomic mass is 9.85. The van der Waals surface area contributed by atoms with E-state index in [4.69, 9.17) is 4.42 Å². The molecule has 5 rings (SSSR count). The summed E-state index contributed by atoms with van der Waals surface area (Å²) in [5, 5.41) is 9.42. The second-order valence-corrected chi connectivity index (χ2v) is 9.70. The van der Waals surface area contributed by atoms with Crippen molar-refractivity contribution in [1.29, 1.82) is 0 Å². The Kier molecular flexibility index (Phi) is 6.72. The third kappa shape index (κ3) is 5.55. The van der Waals surface area contributed by atoms with Crippen LogP contribution in [-0.4, -0.2) is 32.2 Å². The highest BCUT2D eigenvalue weighted by atomic mass is 19.4. The first-order valence-corrected chi connectivity index (χ1v) is 12.4. The SMILES string of the molecule is CCC1CCC(n2cc(NC(=O)c3coc(-c4ccnc(NCC5CC5)c4)n3)c(C(F)(F)F)n2)CC1. The van der Waals surface area contributed by atoms with Gasteiger partial charge in [-0.05, 0) is 62.5 Å². The molecule has 36 heavy (non-hydrogen) atoms. The number of anilines is 2. The number of nitrogens with one attached hydrogen (secondary N) is 2. The molecule has 3 aromatic heterocycles. The first kappa shape index (κ1) is 24.3. The lowest BCUT2D eigenvalue weighted by molar-refractivity contribution is -0.141. The zero-order chi connectivity index (χ0) is 25.3. The Hall–Kier alpha value is -3.37. The molecular formula is C25H29F3N6O2. The van der Waals surface area contributed by atoms with Crippen LogP contribution in [0.4, 0.5) is 24.7 Å². The fraction of sp³-hybridized carbons (Fsp3) is 0.520. The van der Waals surface area contributed by atoms with Crippen molar-refractivity contribution in [3.05, 3.63) is 42.2 Å². The van der Waals surface area contributed by atoms with Gasteiger partial charge in [0.05, 0.1) is 11.7 Å². The molecule has 3 heterocycles. The predicted molar refractivity (Wildman–Crippen MR) is 127 cm³/mol. The van der Waals surface area contributed by atoms with E-state index >= 15 is 0 Å². The summed E-state index contributed by atoms with van der Waals surface area (Å²) in [6.07, 6.45) is 6.24. The molecule has 0 aliphatic heterocycles. The van der Waals surface area contributed by atoms with E-state index in [0.717, 1.165) is 44.9 Å². The number of oxazole rings is 1. The summed E-state index contributed by atoms with van der Waals surface area (Å²) in [5.41, 5.74) is -1.02. The number of pyridine rings is 1. The summed E-state index contributed by atoms with van der Waals surface area (Å²) >= 11 is 0. The number of carbonyl (C=O) groups excluding carboxylic acids is 1. The van der Waals surface area contributed by atoms with Gasteiger partial charge in [-0.1, -0.05) is 13.3 Å². The largest absolute Gasteiger partial charge is 0.444 e. The fourth-order valence-electron chi connectivity index (χ4n) is 4.63. The predicted octanol–water partition coefficient (Wildman–Crippen LogP) is 6.17. The van der Waals surface area contributed by atoms with Gasteiger partial charge in [-0.15, -0.1) is 0 Å². The highest BCUT2D eigenvalue weighted by Gasteiger charge is 2.39. The van der Waals surface area contributed by atoms with Gasteiger partial charge in [0.2, 0.25) is 5.89 Å². The Labute approximate surface area is 206 Å². The molecule has 0 saturated heterocycles. The summed E-state index contributed by atoms with van der Waals surface area (Å²) in [7, 11) is 0. The van der Waals surface area contributed by atoms with Crippen molar-refractivity contribution in [1.82, 2.24) is 19.7 Å². The molecule has 0 bridgehead atoms. The third-order valence-corrected chi connectivity index (χ3v) is 7.03. The lowest BCUT2D eigenvalue weighted by Crippen LogP contribution is -2.19. The third-order valence-electron chi connectivity index (χ3n) is 7.03. The Balaban J connectivity index is 1.30. The van der Waals surface area contributed by atoms with Crippen molar-refractivity contribution in [3.63, 3.8) is 0 Å². The maximum Gasteiger partial charge on any atom is 0.437 e. The highest BCUT2D eigenvalue weighted by Crippen LogP contribution is 2.38. The average molecular weight is 503 g/mol. The summed E-state index contributed by atoms with van der Waals surface area (Å²) in [4.78, 5) is 21.3. The first-order chi connectivity index (χ1) is 17.3. The van der Waals surface area contributed by atoms with Crippen LogP contribution in [0.15, 0.2) is 35.2 Å². The molecular weight excluding hydrogens is 473 g/mol. The molecule has 3 aromatic rings. The van der Waals surface area contributed by atoms with E-state index < -0.39 is 17.8 Å². The van der Waals surface area contributed by atoms with Gasteiger partial charge >= 0.3 is 6.18 Å². The Morgan fingerprint density at radius 1 is 1.17 bits per heavy atom. The summed E-state index contributed by atoms with van der Waals surface area (Å²) in [6.45, 7) is 2.97. The molecule has 0 unspecified atom stereocenters. The smallest absolute Gasteiger partial charge is 0.437 e. The summed E-state index contributed by atoms with van der Waals surface area (Å²) in [5.74, 6) is 1.32. The zero-order valence-electron chi connectivity index (χ0n) is 20.0. The van der Waals surface area contributed by atoms with Gasteiger partial charge in [-0.25, -0.2) is 9.97 Å². The second kappa shape index (κ2) is 9.94. The quantitative estimate of drug-likeness (QED) is 0.382. The van der Waals surface area contributed by atoms with E-state index in [1.807, 2.05) is 0 Å². The Morgan fingerprint density at radius 3 is 2.61 bits per heavy atom. The van der Waals surface area contributed by atoms with E-state index in [1.54, 1.807) is 18.3 Å². The van der Waals surface area contributed by atoms with Gasteiger partial charge in [-0.2, -0.15) is 18.3 Å². The molecule has 0 atom stereocenters. The van der Waals surface area contributed by atoms with Gasteiger partial charge in [0.25, 0.3) is 5.91 Å². The van der Waals surface area contributed by atoms with Crippen LogP contribution in [0.2, 0.25) is 0 Å². The number of alkyl halides is 3. The minimum atomic E-state index is -4.70. The molecule has 8 nitrogen and oxygen atoms in total. The molecule has 0 radical (unpaired) electrons.